The summed E-state index contributed by atoms with van der Waals surface area (Å²) in [6.45, 7) is 1.32. The van der Waals surface area contributed by atoms with E-state index >= 15 is 0 Å². The molecule has 1 N–H and O–H groups in total. The van der Waals surface area contributed by atoms with Crippen LogP contribution < -0.4 is 14.4 Å². The number of amides is 2. The van der Waals surface area contributed by atoms with E-state index in [-0.39, 0.29) is 24.2 Å². The molecule has 208 valence electrons. The van der Waals surface area contributed by atoms with Crippen LogP contribution in [-0.2, 0) is 26.2 Å². The van der Waals surface area contributed by atoms with E-state index in [0.29, 0.717) is 27.8 Å². The molecule has 2 aromatic rings. The Bertz CT molecular complexity index is 1230. The van der Waals surface area contributed by atoms with Gasteiger partial charge in [0.15, 0.2) is 0 Å². The largest absolute Gasteiger partial charge is 0.495 e. The van der Waals surface area contributed by atoms with Crippen LogP contribution in [0.1, 0.15) is 51.0 Å². The minimum absolute atomic E-state index is 0.00888. The maximum Gasteiger partial charge on any atom is 0.244 e. The number of para-hydroxylation sites is 2. The van der Waals surface area contributed by atoms with E-state index in [4.69, 9.17) is 27.9 Å². The van der Waals surface area contributed by atoms with Crippen LogP contribution in [0.4, 0.5) is 5.69 Å². The van der Waals surface area contributed by atoms with Crippen molar-refractivity contribution < 1.29 is 22.7 Å². The van der Waals surface area contributed by atoms with E-state index in [1.165, 1.54) is 12.0 Å². The molecule has 1 fully saturated rings. The van der Waals surface area contributed by atoms with Crippen molar-refractivity contribution in [3.8, 4) is 5.75 Å². The van der Waals surface area contributed by atoms with Crippen molar-refractivity contribution in [1.82, 2.24) is 10.2 Å². The van der Waals surface area contributed by atoms with Crippen molar-refractivity contribution in [3.63, 3.8) is 0 Å². The third kappa shape index (κ3) is 7.77. The highest BCUT2D eigenvalue weighted by Crippen LogP contribution is 2.30. The number of hydrogen-bond donors (Lipinski definition) is 1. The summed E-state index contributed by atoms with van der Waals surface area (Å²) in [4.78, 5) is 28.7. The number of carbonyl (C=O) groups is 2. The van der Waals surface area contributed by atoms with Gasteiger partial charge in [-0.1, -0.05) is 67.6 Å². The van der Waals surface area contributed by atoms with Crippen molar-refractivity contribution in [1.29, 1.82) is 0 Å². The molecule has 0 heterocycles. The topological polar surface area (TPSA) is 96.0 Å². The highest BCUT2D eigenvalue weighted by Gasteiger charge is 2.33. The Kier molecular flexibility index (Phi) is 10.7. The molecule has 1 saturated carbocycles. The lowest BCUT2D eigenvalue weighted by molar-refractivity contribution is -0.140. The van der Waals surface area contributed by atoms with Gasteiger partial charge < -0.3 is 15.0 Å². The van der Waals surface area contributed by atoms with Crippen LogP contribution in [0.25, 0.3) is 0 Å². The Balaban J connectivity index is 1.96. The molecule has 0 bridgehead atoms. The zero-order chi connectivity index (χ0) is 27.9. The Morgan fingerprint density at radius 2 is 1.79 bits per heavy atom. The highest BCUT2D eigenvalue weighted by molar-refractivity contribution is 7.92. The number of methoxy groups -OCH3 is 1. The zero-order valence-corrected chi connectivity index (χ0v) is 24.3. The highest BCUT2D eigenvalue weighted by atomic mass is 35.5. The average Bonchev–Trinajstić information content (AvgIpc) is 2.88. The number of rotatable bonds is 11. The van der Waals surface area contributed by atoms with Crippen LogP contribution in [0.3, 0.4) is 0 Å². The Hall–Kier alpha value is -2.49. The van der Waals surface area contributed by atoms with Crippen LogP contribution in [0.2, 0.25) is 10.0 Å². The van der Waals surface area contributed by atoms with Gasteiger partial charge in [-0.15, -0.1) is 0 Å². The predicted octanol–water partition coefficient (Wildman–Crippen LogP) is 5.02. The van der Waals surface area contributed by atoms with E-state index in [2.05, 4.69) is 5.32 Å². The SMILES string of the molecule is CC[C@H](C(=O)NC1CCCCC1)N(Cc1ccc(Cl)cc1Cl)C(=O)CN(c1ccccc1OC)S(C)(=O)=O. The van der Waals surface area contributed by atoms with Crippen molar-refractivity contribution >= 4 is 50.7 Å². The van der Waals surface area contributed by atoms with Gasteiger partial charge in [0.2, 0.25) is 21.8 Å². The lowest BCUT2D eigenvalue weighted by atomic mass is 9.95. The molecule has 1 aliphatic carbocycles. The second-order valence-electron chi connectivity index (χ2n) is 9.47. The molecule has 0 aliphatic heterocycles. The maximum absolute atomic E-state index is 13.9. The number of carbonyl (C=O) groups excluding carboxylic acids is 2. The number of halogens is 2. The minimum atomic E-state index is -3.88. The minimum Gasteiger partial charge on any atom is -0.495 e. The van der Waals surface area contributed by atoms with Crippen molar-refractivity contribution in [2.75, 3.05) is 24.2 Å². The number of ether oxygens (including phenoxy) is 1. The summed E-state index contributed by atoms with van der Waals surface area (Å²) < 4.78 is 32.0. The van der Waals surface area contributed by atoms with Gasteiger partial charge in [-0.25, -0.2) is 8.42 Å². The first-order chi connectivity index (χ1) is 18.0. The van der Waals surface area contributed by atoms with E-state index in [1.54, 1.807) is 42.5 Å². The molecule has 3 rings (SSSR count). The summed E-state index contributed by atoms with van der Waals surface area (Å²) in [6.07, 6.45) is 6.40. The number of nitrogens with one attached hydrogen (secondary N) is 1. The molecule has 0 spiro atoms. The van der Waals surface area contributed by atoms with Gasteiger partial charge >= 0.3 is 0 Å². The fraction of sp³-hybridized carbons (Fsp3) is 0.481. The van der Waals surface area contributed by atoms with Gasteiger partial charge in [0.25, 0.3) is 0 Å². The van der Waals surface area contributed by atoms with Gasteiger partial charge in [0.05, 0.1) is 19.1 Å². The molecule has 0 unspecified atom stereocenters. The first-order valence-electron chi connectivity index (χ1n) is 12.7. The molecule has 2 amide bonds. The van der Waals surface area contributed by atoms with Crippen molar-refractivity contribution in [2.24, 2.45) is 0 Å². The van der Waals surface area contributed by atoms with E-state index in [9.17, 15) is 18.0 Å². The first kappa shape index (κ1) is 30.1. The summed E-state index contributed by atoms with van der Waals surface area (Å²) in [5.74, 6) is -0.501. The third-order valence-electron chi connectivity index (χ3n) is 6.73. The predicted molar refractivity (Wildman–Crippen MR) is 151 cm³/mol. The lowest BCUT2D eigenvalue weighted by Gasteiger charge is -2.34. The monoisotopic (exact) mass is 583 g/mol. The van der Waals surface area contributed by atoms with Crippen molar-refractivity contribution in [3.05, 3.63) is 58.1 Å². The second-order valence-corrected chi connectivity index (χ2v) is 12.2. The van der Waals surface area contributed by atoms with Gasteiger partial charge in [-0.2, -0.15) is 0 Å². The molecule has 11 heteroatoms. The quantitative estimate of drug-likeness (QED) is 0.400. The molecule has 1 atom stereocenters. The number of sulfonamides is 1. The normalized spacial score (nSPS) is 15.0. The van der Waals surface area contributed by atoms with Crippen molar-refractivity contribution in [2.45, 2.75) is 64.1 Å². The summed E-state index contributed by atoms with van der Waals surface area (Å²) in [5, 5.41) is 3.90. The van der Waals surface area contributed by atoms with Crippen LogP contribution >= 0.6 is 23.2 Å². The van der Waals surface area contributed by atoms with Gasteiger partial charge in [-0.3, -0.25) is 13.9 Å². The fourth-order valence-corrected chi connectivity index (χ4v) is 6.05. The average molecular weight is 585 g/mol. The Morgan fingerprint density at radius 3 is 2.39 bits per heavy atom. The summed E-state index contributed by atoms with van der Waals surface area (Å²) in [7, 11) is -2.45. The van der Waals surface area contributed by atoms with Crippen LogP contribution in [0.5, 0.6) is 5.75 Å². The summed E-state index contributed by atoms with van der Waals surface area (Å²) >= 11 is 12.5. The lowest BCUT2D eigenvalue weighted by Crippen LogP contribution is -2.54. The molecule has 0 radical (unpaired) electrons. The van der Waals surface area contributed by atoms with E-state index in [0.717, 1.165) is 42.7 Å². The van der Waals surface area contributed by atoms with Gasteiger partial charge in [-0.05, 0) is 49.1 Å². The Labute approximate surface area is 235 Å². The molecule has 0 saturated heterocycles. The first-order valence-corrected chi connectivity index (χ1v) is 15.3. The third-order valence-corrected chi connectivity index (χ3v) is 8.44. The van der Waals surface area contributed by atoms with Gasteiger partial charge in [0, 0.05) is 22.6 Å². The Morgan fingerprint density at radius 1 is 1.11 bits per heavy atom. The summed E-state index contributed by atoms with van der Waals surface area (Å²) in [5.41, 5.74) is 0.826. The maximum atomic E-state index is 13.9. The van der Waals surface area contributed by atoms with Crippen LogP contribution in [0, 0.1) is 0 Å². The molecule has 8 nitrogen and oxygen atoms in total. The number of nitrogens with zero attached hydrogens (tertiary/aromatic N) is 2. The standard InChI is InChI=1S/C27H35Cl2N3O5S/c1-4-23(27(34)30-21-10-6-5-7-11-21)31(17-19-14-15-20(28)16-22(19)29)26(33)18-32(38(3,35)36)24-12-8-9-13-25(24)37-2/h8-9,12-16,21,23H,4-7,10-11,17-18H2,1-3H3,(H,30,34)/t23-/m1/s1. The zero-order valence-electron chi connectivity index (χ0n) is 22.0. The van der Waals surface area contributed by atoms with Crippen LogP contribution in [0.15, 0.2) is 42.5 Å². The molecular formula is C27H35Cl2N3O5S. The van der Waals surface area contributed by atoms with E-state index < -0.39 is 28.5 Å². The second kappa shape index (κ2) is 13.5. The van der Waals surface area contributed by atoms with Gasteiger partial charge in [0.1, 0.15) is 18.3 Å². The van der Waals surface area contributed by atoms with Crippen LogP contribution in [-0.4, -0.2) is 57.1 Å². The molecule has 38 heavy (non-hydrogen) atoms. The summed E-state index contributed by atoms with van der Waals surface area (Å²) in [6, 6.07) is 10.7. The fourth-order valence-electron chi connectivity index (χ4n) is 4.73. The number of hydrogen-bond acceptors (Lipinski definition) is 5. The molecule has 1 aliphatic rings. The number of benzene rings is 2. The smallest absolute Gasteiger partial charge is 0.244 e. The molecule has 0 aromatic heterocycles. The molecule has 2 aromatic carbocycles. The van der Waals surface area contributed by atoms with E-state index in [1.807, 2.05) is 6.92 Å². The molecular weight excluding hydrogens is 549 g/mol. The number of anilines is 1.